The molecule has 3 aromatic carbocycles. The van der Waals surface area contributed by atoms with Gasteiger partial charge in [-0.1, -0.05) is 60.5 Å². The first kappa shape index (κ1) is 31.3. The van der Waals surface area contributed by atoms with Crippen molar-refractivity contribution in [3.8, 4) is 5.75 Å². The largest absolute Gasteiger partial charge is 0.491 e. The number of hydrogen-bond donors (Lipinski definition) is 1. The maximum Gasteiger partial charge on any atom is 0.241 e. The number of amides is 4. The van der Waals surface area contributed by atoms with Gasteiger partial charge in [0.05, 0.1) is 46.2 Å². The van der Waals surface area contributed by atoms with Crippen LogP contribution in [0.5, 0.6) is 5.75 Å². The lowest BCUT2D eigenvalue weighted by Crippen LogP contribution is -2.49. The van der Waals surface area contributed by atoms with E-state index in [1.165, 1.54) is 17.0 Å². The van der Waals surface area contributed by atoms with Crippen molar-refractivity contribution in [3.63, 3.8) is 0 Å². The van der Waals surface area contributed by atoms with Crippen molar-refractivity contribution >= 4 is 46.6 Å². The normalized spacial score (nSPS) is 28.3. The Balaban J connectivity index is 1.36. The summed E-state index contributed by atoms with van der Waals surface area (Å²) in [5, 5.41) is 9.33. The van der Waals surface area contributed by atoms with Gasteiger partial charge >= 0.3 is 0 Å². The number of imide groups is 2. The fourth-order valence-corrected chi connectivity index (χ4v) is 8.55. The third-order valence-corrected chi connectivity index (χ3v) is 10.9. The fraction of sp³-hybridized carbons (Fsp3) is 0.351. The number of carbonyl (C=O) groups excluding carboxylic acids is 4. The van der Waals surface area contributed by atoms with E-state index in [2.05, 4.69) is 0 Å². The molecule has 4 amide bonds. The van der Waals surface area contributed by atoms with Gasteiger partial charge in [-0.15, -0.1) is 0 Å². The predicted octanol–water partition coefficient (Wildman–Crippen LogP) is 5.85. The van der Waals surface area contributed by atoms with E-state index in [0.29, 0.717) is 23.4 Å². The molecule has 0 bridgehead atoms. The zero-order valence-electron chi connectivity index (χ0n) is 26.0. The second kappa shape index (κ2) is 11.7. The summed E-state index contributed by atoms with van der Waals surface area (Å²) in [4.78, 5) is 59.5. The van der Waals surface area contributed by atoms with E-state index in [9.17, 15) is 28.7 Å². The second-order valence-corrected chi connectivity index (χ2v) is 13.3. The first-order valence-corrected chi connectivity index (χ1v) is 16.3. The Kier molecular flexibility index (Phi) is 7.80. The van der Waals surface area contributed by atoms with Crippen LogP contribution in [0, 0.1) is 34.9 Å². The van der Waals surface area contributed by atoms with Crippen LogP contribution in [-0.2, 0) is 25.6 Å². The molecule has 3 aromatic rings. The summed E-state index contributed by atoms with van der Waals surface area (Å²) in [5.74, 6) is -5.14. The number of halogens is 2. The highest BCUT2D eigenvalue weighted by Gasteiger charge is 2.68. The number of benzene rings is 3. The molecular weight excluding hydrogens is 623 g/mol. The zero-order chi connectivity index (χ0) is 33.2. The number of nitrogens with zero attached hydrogens (tertiary/aromatic N) is 2. The number of allylic oxidation sites excluding steroid dienone is 2. The Morgan fingerprint density at radius 3 is 2.36 bits per heavy atom. The maximum absolute atomic E-state index is 14.6. The van der Waals surface area contributed by atoms with Crippen LogP contribution < -0.4 is 14.5 Å². The van der Waals surface area contributed by atoms with Crippen LogP contribution in [0.1, 0.15) is 43.7 Å². The first-order chi connectivity index (χ1) is 22.6. The standard InChI is InChI=1S/C37H34ClFN2O6/c1-3-20-8-10-21(11-9-20)40-33(43)25-14-13-23-26(31(25)35(40)45)19-27-34(44)41(22-12-15-29(39)28(38)18-22)36(46)37(27,2)32(23)24-6-4-5-7-30(24)47-17-16-42/h4-13,15,18,25-27,31-32,42H,3,14,16-17,19H2,1-2H3/t25-,26+,27-,31-,32+,37+/m0/s1. The number of hydrogen-bond acceptors (Lipinski definition) is 6. The number of rotatable bonds is 7. The molecule has 2 aliphatic heterocycles. The van der Waals surface area contributed by atoms with E-state index in [1.807, 2.05) is 37.3 Å². The number of carbonyl (C=O) groups is 4. The third-order valence-electron chi connectivity index (χ3n) is 10.6. The summed E-state index contributed by atoms with van der Waals surface area (Å²) >= 11 is 6.10. The zero-order valence-corrected chi connectivity index (χ0v) is 26.7. The molecule has 10 heteroatoms. The van der Waals surface area contributed by atoms with Gasteiger partial charge in [-0.3, -0.25) is 24.1 Å². The lowest BCUT2D eigenvalue weighted by Gasteiger charge is -2.49. The summed E-state index contributed by atoms with van der Waals surface area (Å²) in [6.45, 7) is 3.59. The van der Waals surface area contributed by atoms with Gasteiger partial charge in [0.1, 0.15) is 18.2 Å². The number of ether oxygens (including phenoxy) is 1. The Morgan fingerprint density at radius 2 is 1.66 bits per heavy atom. The highest BCUT2D eigenvalue weighted by atomic mass is 35.5. The van der Waals surface area contributed by atoms with Crippen molar-refractivity contribution in [2.24, 2.45) is 29.1 Å². The highest BCUT2D eigenvalue weighted by molar-refractivity contribution is 6.32. The van der Waals surface area contributed by atoms with Crippen molar-refractivity contribution in [1.82, 2.24) is 0 Å². The first-order valence-electron chi connectivity index (χ1n) is 15.9. The molecule has 0 spiro atoms. The molecule has 7 rings (SSSR count). The average Bonchev–Trinajstić information content (AvgIpc) is 3.44. The number of aliphatic hydroxyl groups is 1. The van der Waals surface area contributed by atoms with E-state index >= 15 is 0 Å². The van der Waals surface area contributed by atoms with Crippen LogP contribution in [0.25, 0.3) is 0 Å². The SMILES string of the molecule is CCc1ccc(N2C(=O)[C@H]3[C@H](CC=C4[C@H]3C[C@H]3C(=O)N(c5ccc(F)c(Cl)c5)C(=O)[C@@]3(C)[C@H]4c3ccccc3OCCO)C2=O)cc1. The summed E-state index contributed by atoms with van der Waals surface area (Å²) < 4.78 is 20.1. The van der Waals surface area contributed by atoms with Crippen LogP contribution in [0.3, 0.4) is 0 Å². The van der Waals surface area contributed by atoms with Crippen LogP contribution in [-0.4, -0.2) is 41.9 Å². The van der Waals surface area contributed by atoms with E-state index in [0.717, 1.165) is 28.5 Å². The van der Waals surface area contributed by atoms with Crippen LogP contribution in [0.4, 0.5) is 15.8 Å². The van der Waals surface area contributed by atoms with Gasteiger partial charge in [-0.25, -0.2) is 9.29 Å². The summed E-state index contributed by atoms with van der Waals surface area (Å²) in [6, 6.07) is 18.3. The summed E-state index contributed by atoms with van der Waals surface area (Å²) in [7, 11) is 0. The lowest BCUT2D eigenvalue weighted by molar-refractivity contribution is -0.131. The minimum absolute atomic E-state index is 0.0168. The van der Waals surface area contributed by atoms with Gasteiger partial charge in [0.2, 0.25) is 23.6 Å². The molecule has 6 atom stereocenters. The lowest BCUT2D eigenvalue weighted by atomic mass is 9.51. The Bertz CT molecular complexity index is 1840. The van der Waals surface area contributed by atoms with Crippen LogP contribution >= 0.6 is 11.6 Å². The van der Waals surface area contributed by atoms with Gasteiger partial charge in [0.25, 0.3) is 0 Å². The number of aliphatic hydroxyl groups excluding tert-OH is 1. The number of anilines is 2. The number of fused-ring (bicyclic) bond motifs is 4. The van der Waals surface area contributed by atoms with Gasteiger partial charge in [0.15, 0.2) is 0 Å². The molecular formula is C37H34ClFN2O6. The van der Waals surface area contributed by atoms with Gasteiger partial charge in [0, 0.05) is 11.5 Å². The van der Waals surface area contributed by atoms with Crippen molar-refractivity contribution < 1.29 is 33.4 Å². The molecule has 2 heterocycles. The molecule has 2 aliphatic carbocycles. The van der Waals surface area contributed by atoms with Gasteiger partial charge < -0.3 is 9.84 Å². The third kappa shape index (κ3) is 4.65. The summed E-state index contributed by atoms with van der Waals surface area (Å²) in [6.07, 6.45) is 3.28. The molecule has 0 aromatic heterocycles. The molecule has 3 fully saturated rings. The fourth-order valence-electron chi connectivity index (χ4n) is 8.37. The van der Waals surface area contributed by atoms with Crippen molar-refractivity contribution in [3.05, 3.63) is 100 Å². The highest BCUT2D eigenvalue weighted by Crippen LogP contribution is 2.64. The average molecular weight is 657 g/mol. The predicted molar refractivity (Wildman–Crippen MR) is 173 cm³/mol. The number of aryl methyl sites for hydroxylation is 1. The van der Waals surface area contributed by atoms with Gasteiger partial charge in [-0.05, 0) is 74.1 Å². The minimum atomic E-state index is -1.31. The molecule has 242 valence electrons. The molecule has 2 saturated heterocycles. The molecule has 8 nitrogen and oxygen atoms in total. The molecule has 47 heavy (non-hydrogen) atoms. The molecule has 1 saturated carbocycles. The maximum atomic E-state index is 14.6. The van der Waals surface area contributed by atoms with Gasteiger partial charge in [-0.2, -0.15) is 0 Å². The topological polar surface area (TPSA) is 104 Å². The van der Waals surface area contributed by atoms with Crippen molar-refractivity contribution in [2.75, 3.05) is 23.0 Å². The Hall–Kier alpha value is -4.34. The monoisotopic (exact) mass is 656 g/mol. The number of para-hydroxylation sites is 1. The van der Waals surface area contributed by atoms with E-state index < -0.39 is 52.6 Å². The molecule has 1 N–H and O–H groups in total. The van der Waals surface area contributed by atoms with E-state index in [1.54, 1.807) is 31.2 Å². The molecule has 0 radical (unpaired) electrons. The Labute approximate surface area is 276 Å². The molecule has 4 aliphatic rings. The van der Waals surface area contributed by atoms with E-state index in [-0.39, 0.29) is 42.2 Å². The quantitative estimate of drug-likeness (QED) is 0.253. The van der Waals surface area contributed by atoms with Crippen molar-refractivity contribution in [1.29, 1.82) is 0 Å². The minimum Gasteiger partial charge on any atom is -0.491 e. The smallest absolute Gasteiger partial charge is 0.241 e. The molecule has 0 unspecified atom stereocenters. The van der Waals surface area contributed by atoms with Crippen LogP contribution in [0.15, 0.2) is 78.4 Å². The summed E-state index contributed by atoms with van der Waals surface area (Å²) in [5.41, 5.74) is 1.91. The van der Waals surface area contributed by atoms with Crippen LogP contribution in [0.2, 0.25) is 5.02 Å². The van der Waals surface area contributed by atoms with E-state index in [4.69, 9.17) is 16.3 Å². The Morgan fingerprint density at radius 1 is 0.936 bits per heavy atom. The van der Waals surface area contributed by atoms with Crippen molar-refractivity contribution in [2.45, 2.75) is 39.0 Å². The second-order valence-electron chi connectivity index (χ2n) is 12.9.